The van der Waals surface area contributed by atoms with Gasteiger partial charge in [-0.05, 0) is 86.4 Å². The van der Waals surface area contributed by atoms with E-state index in [0.29, 0.717) is 11.8 Å². The van der Waals surface area contributed by atoms with Crippen molar-refractivity contribution >= 4 is 28.6 Å². The number of carbonyl (C=O) groups is 1. The number of fused-ring (bicyclic) bond motifs is 1. The van der Waals surface area contributed by atoms with Crippen molar-refractivity contribution in [2.24, 2.45) is 11.8 Å². The monoisotopic (exact) mass is 494 g/mol. The van der Waals surface area contributed by atoms with Crippen molar-refractivity contribution in [2.45, 2.75) is 43.7 Å². The number of piperidine rings is 1. The lowest BCUT2D eigenvalue weighted by Gasteiger charge is -2.38. The molecule has 1 fully saturated rings. The van der Waals surface area contributed by atoms with Crippen LogP contribution in [0.5, 0.6) is 5.75 Å². The van der Waals surface area contributed by atoms with Crippen LogP contribution in [0.1, 0.15) is 37.7 Å². The topological polar surface area (TPSA) is 88.4 Å². The fourth-order valence-electron chi connectivity index (χ4n) is 5.08. The van der Waals surface area contributed by atoms with Gasteiger partial charge in [-0.15, -0.1) is 0 Å². The number of ether oxygens (including phenoxy) is 1. The van der Waals surface area contributed by atoms with Crippen LogP contribution < -0.4 is 4.74 Å². The molecule has 35 heavy (non-hydrogen) atoms. The van der Waals surface area contributed by atoms with Gasteiger partial charge in [0.2, 0.25) is 0 Å². The summed E-state index contributed by atoms with van der Waals surface area (Å²) in [4.78, 5) is 26.8. The van der Waals surface area contributed by atoms with E-state index in [0.717, 1.165) is 79.3 Å². The van der Waals surface area contributed by atoms with E-state index in [4.69, 9.17) is 4.74 Å². The predicted molar refractivity (Wildman–Crippen MR) is 139 cm³/mol. The molecule has 3 heterocycles. The Hall–Kier alpha value is -2.71. The highest BCUT2D eigenvalue weighted by atomic mass is 32.2. The number of methoxy groups -OCH3 is 1. The van der Waals surface area contributed by atoms with Crippen molar-refractivity contribution in [2.75, 3.05) is 32.5 Å². The first kappa shape index (κ1) is 25.4. The molecule has 0 bridgehead atoms. The van der Waals surface area contributed by atoms with E-state index in [1.54, 1.807) is 31.3 Å². The lowest BCUT2D eigenvalue weighted by atomic mass is 9.79. The number of hydrogen-bond acceptors (Lipinski definition) is 7. The minimum atomic E-state index is -0.699. The number of benzene rings is 1. The Morgan fingerprint density at radius 1 is 1.14 bits per heavy atom. The zero-order chi connectivity index (χ0) is 24.5. The third kappa shape index (κ3) is 7.39. The first-order chi connectivity index (χ1) is 17.1. The number of aromatic nitrogens is 3. The standard InChI is InChI=1S/C27H34N4O3S/c1-34-23-7-8-25-24(18-23)21(10-14-28-25)5-2-4-20-11-15-31(19-22(20)6-9-26(32)33)16-17-35-27-29-12-3-13-30-27/h3,7-8,10,12-14,18,20,22H,2,4-6,9,11,15-17,19H2,1H3,(H,32,33). The summed E-state index contributed by atoms with van der Waals surface area (Å²) in [5.74, 6) is 2.09. The van der Waals surface area contributed by atoms with Gasteiger partial charge in [-0.1, -0.05) is 11.8 Å². The number of carboxylic acid groups (broad SMARTS) is 1. The molecule has 1 aliphatic heterocycles. The van der Waals surface area contributed by atoms with E-state index in [2.05, 4.69) is 32.0 Å². The quantitative estimate of drug-likeness (QED) is 0.279. The lowest BCUT2D eigenvalue weighted by molar-refractivity contribution is -0.137. The van der Waals surface area contributed by atoms with Gasteiger partial charge in [-0.25, -0.2) is 9.97 Å². The Balaban J connectivity index is 1.31. The summed E-state index contributed by atoms with van der Waals surface area (Å²) in [5, 5.41) is 11.3. The van der Waals surface area contributed by atoms with E-state index < -0.39 is 5.97 Å². The van der Waals surface area contributed by atoms with Crippen LogP contribution >= 0.6 is 11.8 Å². The van der Waals surface area contributed by atoms with Gasteiger partial charge in [0.1, 0.15) is 5.75 Å². The second kappa shape index (κ2) is 12.8. The van der Waals surface area contributed by atoms with Gasteiger partial charge in [0.25, 0.3) is 0 Å². The number of carboxylic acids is 1. The van der Waals surface area contributed by atoms with Crippen molar-refractivity contribution in [3.8, 4) is 5.75 Å². The van der Waals surface area contributed by atoms with Crippen LogP contribution in [-0.2, 0) is 11.2 Å². The van der Waals surface area contributed by atoms with E-state index >= 15 is 0 Å². The summed E-state index contributed by atoms with van der Waals surface area (Å²) >= 11 is 1.68. The average molecular weight is 495 g/mol. The molecule has 0 saturated carbocycles. The molecule has 1 aromatic carbocycles. The fourth-order valence-corrected chi connectivity index (χ4v) is 5.89. The summed E-state index contributed by atoms with van der Waals surface area (Å²) < 4.78 is 5.41. The number of rotatable bonds is 12. The smallest absolute Gasteiger partial charge is 0.303 e. The van der Waals surface area contributed by atoms with Gasteiger partial charge in [0.05, 0.1) is 12.6 Å². The van der Waals surface area contributed by atoms with Gasteiger partial charge in [0, 0.05) is 49.2 Å². The average Bonchev–Trinajstić information content (AvgIpc) is 2.88. The van der Waals surface area contributed by atoms with Crippen molar-refractivity contribution in [3.05, 3.63) is 54.5 Å². The Labute approximate surface area is 211 Å². The molecule has 2 aromatic heterocycles. The highest BCUT2D eigenvalue weighted by Gasteiger charge is 2.29. The lowest BCUT2D eigenvalue weighted by Crippen LogP contribution is -2.41. The highest BCUT2D eigenvalue weighted by Crippen LogP contribution is 2.32. The Morgan fingerprint density at radius 3 is 2.80 bits per heavy atom. The van der Waals surface area contributed by atoms with Gasteiger partial charge in [0.15, 0.2) is 5.16 Å². The van der Waals surface area contributed by atoms with Crippen molar-refractivity contribution in [3.63, 3.8) is 0 Å². The molecule has 7 nitrogen and oxygen atoms in total. The van der Waals surface area contributed by atoms with E-state index in [9.17, 15) is 9.90 Å². The second-order valence-corrected chi connectivity index (χ2v) is 10.2. The van der Waals surface area contributed by atoms with Crippen LogP contribution in [0.25, 0.3) is 10.9 Å². The Morgan fingerprint density at radius 2 is 2.00 bits per heavy atom. The van der Waals surface area contributed by atoms with Gasteiger partial charge < -0.3 is 14.7 Å². The molecule has 1 N–H and O–H groups in total. The third-order valence-corrected chi connectivity index (χ3v) is 7.80. The van der Waals surface area contributed by atoms with Gasteiger partial charge in [-0.3, -0.25) is 9.78 Å². The van der Waals surface area contributed by atoms with Crippen LogP contribution in [0.2, 0.25) is 0 Å². The number of aryl methyl sites for hydroxylation is 1. The molecule has 186 valence electrons. The number of aliphatic carboxylic acids is 1. The van der Waals surface area contributed by atoms with Crippen LogP contribution in [-0.4, -0.2) is 63.4 Å². The third-order valence-electron chi connectivity index (χ3n) is 6.95. The molecule has 3 aromatic rings. The number of likely N-dealkylation sites (tertiary alicyclic amines) is 1. The van der Waals surface area contributed by atoms with E-state index in [1.807, 2.05) is 24.4 Å². The van der Waals surface area contributed by atoms with Crippen molar-refractivity contribution in [1.29, 1.82) is 0 Å². The predicted octanol–water partition coefficient (Wildman–Crippen LogP) is 4.95. The number of nitrogens with zero attached hydrogens (tertiary/aromatic N) is 4. The molecule has 8 heteroatoms. The van der Waals surface area contributed by atoms with Crippen LogP contribution in [0.15, 0.2) is 54.1 Å². The minimum Gasteiger partial charge on any atom is -0.497 e. The fraction of sp³-hybridized carbons (Fsp3) is 0.481. The maximum Gasteiger partial charge on any atom is 0.303 e. The number of pyridine rings is 1. The first-order valence-corrected chi connectivity index (χ1v) is 13.4. The molecule has 4 rings (SSSR count). The first-order valence-electron chi connectivity index (χ1n) is 12.4. The largest absolute Gasteiger partial charge is 0.497 e. The molecule has 0 spiro atoms. The molecular formula is C27H34N4O3S. The molecular weight excluding hydrogens is 460 g/mol. The SMILES string of the molecule is COc1ccc2nccc(CCCC3CCN(CCSc4ncccn4)CC3CCC(=O)O)c2c1. The highest BCUT2D eigenvalue weighted by molar-refractivity contribution is 7.99. The van der Waals surface area contributed by atoms with Crippen molar-refractivity contribution in [1.82, 2.24) is 19.9 Å². The normalized spacial score (nSPS) is 18.5. The van der Waals surface area contributed by atoms with Gasteiger partial charge in [-0.2, -0.15) is 0 Å². The van der Waals surface area contributed by atoms with Crippen molar-refractivity contribution < 1.29 is 14.6 Å². The van der Waals surface area contributed by atoms with E-state index in [1.165, 1.54) is 5.56 Å². The van der Waals surface area contributed by atoms with Gasteiger partial charge >= 0.3 is 5.97 Å². The molecule has 2 atom stereocenters. The number of thioether (sulfide) groups is 1. The molecule has 0 aliphatic carbocycles. The Kier molecular flexibility index (Phi) is 9.31. The number of hydrogen-bond donors (Lipinski definition) is 1. The summed E-state index contributed by atoms with van der Waals surface area (Å²) in [6, 6.07) is 9.98. The zero-order valence-corrected chi connectivity index (χ0v) is 21.1. The molecule has 0 amide bonds. The van der Waals surface area contributed by atoms with Crippen LogP contribution in [0.4, 0.5) is 0 Å². The summed E-state index contributed by atoms with van der Waals surface area (Å²) in [5.41, 5.74) is 2.29. The molecule has 1 aliphatic rings. The minimum absolute atomic E-state index is 0.246. The Bertz CT molecular complexity index is 1100. The summed E-state index contributed by atoms with van der Waals surface area (Å²) in [6.07, 6.45) is 10.8. The maximum atomic E-state index is 11.3. The summed E-state index contributed by atoms with van der Waals surface area (Å²) in [6.45, 7) is 3.02. The zero-order valence-electron chi connectivity index (χ0n) is 20.3. The maximum absolute atomic E-state index is 11.3. The molecule has 2 unspecified atom stereocenters. The van der Waals surface area contributed by atoms with E-state index in [-0.39, 0.29) is 6.42 Å². The second-order valence-electron chi connectivity index (χ2n) is 9.17. The van der Waals surface area contributed by atoms with Crippen LogP contribution in [0.3, 0.4) is 0 Å². The molecule has 0 radical (unpaired) electrons. The van der Waals surface area contributed by atoms with Crippen LogP contribution in [0, 0.1) is 11.8 Å². The molecule has 1 saturated heterocycles. The summed E-state index contributed by atoms with van der Waals surface area (Å²) in [7, 11) is 1.69.